The number of aromatic amines is 1. The van der Waals surface area contributed by atoms with E-state index in [1.165, 1.54) is 12.5 Å². The fourth-order valence-corrected chi connectivity index (χ4v) is 2.20. The minimum absolute atomic E-state index is 0.268. The number of aromatic nitrogens is 4. The van der Waals surface area contributed by atoms with E-state index >= 15 is 0 Å². The molecule has 3 heterocycles. The van der Waals surface area contributed by atoms with E-state index < -0.39 is 0 Å². The Bertz CT molecular complexity index is 689. The van der Waals surface area contributed by atoms with Crippen LogP contribution in [0.2, 0.25) is 0 Å². The van der Waals surface area contributed by atoms with E-state index in [4.69, 9.17) is 0 Å². The second-order valence-electron chi connectivity index (χ2n) is 3.16. The first-order valence-electron chi connectivity index (χ1n) is 4.58. The van der Waals surface area contributed by atoms with Gasteiger partial charge in [0.2, 0.25) is 0 Å². The third-order valence-electron chi connectivity index (χ3n) is 2.21. The summed E-state index contributed by atoms with van der Waals surface area (Å²) < 4.78 is 0. The van der Waals surface area contributed by atoms with Gasteiger partial charge in [-0.15, -0.1) is 11.3 Å². The molecule has 6 heteroatoms. The molecule has 3 rings (SSSR count). The minimum Gasteiger partial charge on any atom is -0.267 e. The van der Waals surface area contributed by atoms with E-state index in [9.17, 15) is 4.79 Å². The van der Waals surface area contributed by atoms with E-state index in [-0.39, 0.29) is 5.56 Å². The lowest BCUT2D eigenvalue weighted by atomic mass is 10.2. The van der Waals surface area contributed by atoms with Crippen LogP contribution < -0.4 is 5.56 Å². The van der Waals surface area contributed by atoms with Gasteiger partial charge in [-0.05, 0) is 11.4 Å². The molecular weight excluding hydrogens is 224 g/mol. The van der Waals surface area contributed by atoms with Crippen LogP contribution in [0.5, 0.6) is 0 Å². The Morgan fingerprint density at radius 3 is 3.12 bits per heavy atom. The first kappa shape index (κ1) is 9.17. The summed E-state index contributed by atoms with van der Waals surface area (Å²) >= 11 is 1.55. The summed E-state index contributed by atoms with van der Waals surface area (Å²) in [4.78, 5) is 20.4. The van der Waals surface area contributed by atoms with Crippen molar-refractivity contribution in [1.82, 2.24) is 20.2 Å². The minimum atomic E-state index is -0.268. The molecule has 0 unspecified atom stereocenters. The van der Waals surface area contributed by atoms with Gasteiger partial charge in [-0.2, -0.15) is 5.10 Å². The van der Waals surface area contributed by atoms with Crippen molar-refractivity contribution in [2.75, 3.05) is 0 Å². The molecule has 0 aliphatic rings. The normalized spacial score (nSPS) is 10.8. The van der Waals surface area contributed by atoms with Crippen molar-refractivity contribution >= 4 is 22.2 Å². The van der Waals surface area contributed by atoms with E-state index in [1.807, 2.05) is 17.5 Å². The Labute approximate surface area is 93.8 Å². The van der Waals surface area contributed by atoms with Crippen LogP contribution in [-0.2, 0) is 0 Å². The van der Waals surface area contributed by atoms with E-state index in [0.717, 1.165) is 4.88 Å². The lowest BCUT2D eigenvalue weighted by molar-refractivity contribution is 1.01. The lowest BCUT2D eigenvalue weighted by Crippen LogP contribution is -2.10. The summed E-state index contributed by atoms with van der Waals surface area (Å²) in [5.74, 6) is 0. The van der Waals surface area contributed by atoms with Crippen LogP contribution in [0.3, 0.4) is 0 Å². The van der Waals surface area contributed by atoms with Crippen molar-refractivity contribution in [2.24, 2.45) is 0 Å². The highest BCUT2D eigenvalue weighted by Crippen LogP contribution is 2.25. The molecule has 0 atom stereocenters. The van der Waals surface area contributed by atoms with Crippen molar-refractivity contribution in [3.8, 4) is 10.6 Å². The molecule has 3 aromatic heterocycles. The third-order valence-corrected chi connectivity index (χ3v) is 3.08. The Hall–Kier alpha value is -2.08. The highest BCUT2D eigenvalue weighted by atomic mass is 32.1. The summed E-state index contributed by atoms with van der Waals surface area (Å²) in [6.07, 6.45) is 2.92. The molecular formula is C10H6N4OS. The second kappa shape index (κ2) is 3.49. The number of hydrogen-bond acceptors (Lipinski definition) is 5. The van der Waals surface area contributed by atoms with Gasteiger partial charge in [0.25, 0.3) is 5.56 Å². The van der Waals surface area contributed by atoms with E-state index in [0.29, 0.717) is 16.6 Å². The van der Waals surface area contributed by atoms with Crippen LogP contribution >= 0.6 is 11.3 Å². The smallest absolute Gasteiger partial charge is 0.267 e. The number of fused-ring (bicyclic) bond motifs is 1. The van der Waals surface area contributed by atoms with Gasteiger partial charge in [-0.25, -0.2) is 15.1 Å². The summed E-state index contributed by atoms with van der Waals surface area (Å²) in [6.45, 7) is 0. The van der Waals surface area contributed by atoms with Crippen molar-refractivity contribution in [3.63, 3.8) is 0 Å². The average molecular weight is 230 g/mol. The Morgan fingerprint density at radius 2 is 2.31 bits per heavy atom. The van der Waals surface area contributed by atoms with Gasteiger partial charge < -0.3 is 0 Å². The van der Waals surface area contributed by atoms with Gasteiger partial charge >= 0.3 is 0 Å². The molecule has 0 aromatic carbocycles. The lowest BCUT2D eigenvalue weighted by Gasteiger charge is -2.00. The fourth-order valence-electron chi connectivity index (χ4n) is 1.49. The first-order valence-corrected chi connectivity index (χ1v) is 5.46. The Balaban J connectivity index is 2.43. The molecule has 0 amide bonds. The molecule has 0 radical (unpaired) electrons. The summed E-state index contributed by atoms with van der Waals surface area (Å²) in [5.41, 5.74) is 1.00. The van der Waals surface area contributed by atoms with Gasteiger partial charge in [0.1, 0.15) is 17.5 Å². The molecule has 0 aliphatic carbocycles. The highest BCUT2D eigenvalue weighted by molar-refractivity contribution is 7.13. The third kappa shape index (κ3) is 1.31. The monoisotopic (exact) mass is 230 g/mol. The maximum atomic E-state index is 11.5. The maximum Gasteiger partial charge on any atom is 0.275 e. The Kier molecular flexibility index (Phi) is 2.00. The number of hydrogen-bond donors (Lipinski definition) is 1. The van der Waals surface area contributed by atoms with Gasteiger partial charge in [-0.3, -0.25) is 4.79 Å². The van der Waals surface area contributed by atoms with Crippen LogP contribution in [0.15, 0.2) is 34.8 Å². The van der Waals surface area contributed by atoms with Crippen LogP contribution in [0.4, 0.5) is 0 Å². The number of rotatable bonds is 1. The molecule has 16 heavy (non-hydrogen) atoms. The zero-order valence-electron chi connectivity index (χ0n) is 8.04. The van der Waals surface area contributed by atoms with E-state index in [2.05, 4.69) is 20.2 Å². The fraction of sp³-hybridized carbons (Fsp3) is 0. The summed E-state index contributed by atoms with van der Waals surface area (Å²) in [7, 11) is 0. The van der Waals surface area contributed by atoms with Gasteiger partial charge in [0.05, 0.1) is 10.3 Å². The summed E-state index contributed by atoms with van der Waals surface area (Å²) in [5, 5.41) is 8.90. The van der Waals surface area contributed by atoms with Crippen LogP contribution in [0.25, 0.3) is 21.5 Å². The number of thiophene rings is 1. The predicted octanol–water partition coefficient (Wildman–Crippen LogP) is 1.44. The molecule has 0 bridgehead atoms. The summed E-state index contributed by atoms with van der Waals surface area (Å²) in [6, 6.07) is 3.87. The van der Waals surface area contributed by atoms with Crippen LogP contribution in [0, 0.1) is 0 Å². The standard InChI is InChI=1S/C10H6N4OS/c15-10-6-4-11-5-12-8(6)9(13-14-10)7-2-1-3-16-7/h1-5H,(H,14,15). The predicted molar refractivity (Wildman–Crippen MR) is 61.3 cm³/mol. The number of nitrogens with zero attached hydrogens (tertiary/aromatic N) is 3. The second-order valence-corrected chi connectivity index (χ2v) is 4.11. The van der Waals surface area contributed by atoms with Gasteiger partial charge in [0.15, 0.2) is 0 Å². The quantitative estimate of drug-likeness (QED) is 0.686. The van der Waals surface area contributed by atoms with Crippen molar-refractivity contribution < 1.29 is 0 Å². The van der Waals surface area contributed by atoms with Crippen molar-refractivity contribution in [3.05, 3.63) is 40.4 Å². The molecule has 0 saturated carbocycles. The van der Waals surface area contributed by atoms with Crippen molar-refractivity contribution in [1.29, 1.82) is 0 Å². The zero-order valence-corrected chi connectivity index (χ0v) is 8.86. The first-order chi connectivity index (χ1) is 7.86. The molecule has 0 spiro atoms. The van der Waals surface area contributed by atoms with E-state index in [1.54, 1.807) is 11.3 Å². The van der Waals surface area contributed by atoms with Crippen LogP contribution in [-0.4, -0.2) is 20.2 Å². The molecule has 78 valence electrons. The highest BCUT2D eigenvalue weighted by Gasteiger charge is 2.10. The SMILES string of the molecule is O=c1[nH]nc(-c2cccs2)c2ncncc12. The molecule has 0 aliphatic heterocycles. The van der Waals surface area contributed by atoms with Crippen molar-refractivity contribution in [2.45, 2.75) is 0 Å². The Morgan fingerprint density at radius 1 is 1.38 bits per heavy atom. The molecule has 0 fully saturated rings. The van der Waals surface area contributed by atoms with Gasteiger partial charge in [0, 0.05) is 6.20 Å². The maximum absolute atomic E-state index is 11.5. The number of nitrogens with one attached hydrogen (secondary N) is 1. The van der Waals surface area contributed by atoms with Crippen LogP contribution in [0.1, 0.15) is 0 Å². The molecule has 5 nitrogen and oxygen atoms in total. The molecule has 3 aromatic rings. The largest absolute Gasteiger partial charge is 0.275 e. The topological polar surface area (TPSA) is 71.5 Å². The average Bonchev–Trinajstić information content (AvgIpc) is 2.83. The molecule has 1 N–H and O–H groups in total. The zero-order chi connectivity index (χ0) is 11.0. The van der Waals surface area contributed by atoms with Gasteiger partial charge in [-0.1, -0.05) is 6.07 Å². The molecule has 0 saturated heterocycles. The number of H-pyrrole nitrogens is 1.